The fraction of sp³-hybridized carbons (Fsp3) is 0.750. The summed E-state index contributed by atoms with van der Waals surface area (Å²) in [5, 5.41) is 7.26. The summed E-state index contributed by atoms with van der Waals surface area (Å²) in [4.78, 5) is 27.3. The van der Waals surface area contributed by atoms with Gasteiger partial charge in [-0.3, -0.25) is 14.3 Å². The molecule has 1 N–H and O–H groups in total. The zero-order valence-corrected chi connectivity index (χ0v) is 17.3. The van der Waals surface area contributed by atoms with Crippen LogP contribution in [0.2, 0.25) is 0 Å². The number of amides is 2. The van der Waals surface area contributed by atoms with Gasteiger partial charge in [0.2, 0.25) is 0 Å². The molecule has 8 heteroatoms. The van der Waals surface area contributed by atoms with Crippen molar-refractivity contribution in [1.29, 1.82) is 0 Å². The van der Waals surface area contributed by atoms with Crippen LogP contribution in [0, 0.1) is 5.92 Å². The van der Waals surface area contributed by atoms with Gasteiger partial charge in [0, 0.05) is 38.9 Å². The second kappa shape index (κ2) is 9.05. The Labute approximate surface area is 166 Å². The van der Waals surface area contributed by atoms with Crippen LogP contribution in [0.15, 0.2) is 6.07 Å². The summed E-state index contributed by atoms with van der Waals surface area (Å²) >= 11 is 0. The molecule has 2 unspecified atom stereocenters. The van der Waals surface area contributed by atoms with Crippen LogP contribution in [0.1, 0.15) is 55.2 Å². The Kier molecular flexibility index (Phi) is 6.72. The zero-order valence-electron chi connectivity index (χ0n) is 17.3. The van der Waals surface area contributed by atoms with E-state index in [1.165, 1.54) is 0 Å². The van der Waals surface area contributed by atoms with E-state index in [-0.39, 0.29) is 17.9 Å². The Morgan fingerprint density at radius 3 is 2.79 bits per heavy atom. The van der Waals surface area contributed by atoms with Crippen molar-refractivity contribution in [1.82, 2.24) is 20.0 Å². The van der Waals surface area contributed by atoms with Crippen LogP contribution in [-0.4, -0.2) is 72.1 Å². The molecule has 2 aliphatic rings. The van der Waals surface area contributed by atoms with Gasteiger partial charge in [0.1, 0.15) is 11.8 Å². The molecular weight excluding hydrogens is 360 g/mol. The Morgan fingerprint density at radius 1 is 1.39 bits per heavy atom. The molecule has 2 atom stereocenters. The van der Waals surface area contributed by atoms with Crippen LogP contribution in [0.4, 0.5) is 0 Å². The van der Waals surface area contributed by atoms with Crippen molar-refractivity contribution in [3.63, 3.8) is 0 Å². The van der Waals surface area contributed by atoms with Gasteiger partial charge in [-0.2, -0.15) is 5.10 Å². The summed E-state index contributed by atoms with van der Waals surface area (Å²) in [6.45, 7) is 5.88. The topological polar surface area (TPSA) is 85.7 Å². The molecule has 1 saturated carbocycles. The zero-order chi connectivity index (χ0) is 20.3. The van der Waals surface area contributed by atoms with Gasteiger partial charge in [-0.25, -0.2) is 0 Å². The quantitative estimate of drug-likeness (QED) is 0.721. The lowest BCUT2D eigenvalue weighted by Crippen LogP contribution is -2.56. The number of nitrogens with one attached hydrogen (secondary N) is 1. The Balaban J connectivity index is 1.60. The van der Waals surface area contributed by atoms with Gasteiger partial charge in [-0.05, 0) is 31.2 Å². The van der Waals surface area contributed by atoms with E-state index in [9.17, 15) is 9.59 Å². The second-order valence-corrected chi connectivity index (χ2v) is 8.18. The van der Waals surface area contributed by atoms with Crippen molar-refractivity contribution in [3.05, 3.63) is 17.5 Å². The number of hydrogen-bond acceptors (Lipinski definition) is 5. The highest BCUT2D eigenvalue weighted by molar-refractivity contribution is 5.92. The molecule has 8 nitrogen and oxygen atoms in total. The van der Waals surface area contributed by atoms with Gasteiger partial charge < -0.3 is 19.7 Å². The standard InChI is InChI=1S/C20H32N4O4/c1-13(2)9-18(27-4)20(26)24-7-8-28-12-15(24)11-21-19(25)16-10-17(14-5-6-14)23(3)22-16/h10,13-15,18H,5-9,11-12H2,1-4H3,(H,21,25). The molecule has 1 aliphatic heterocycles. The number of aryl methyl sites for hydroxylation is 1. The van der Waals surface area contributed by atoms with E-state index in [2.05, 4.69) is 24.3 Å². The van der Waals surface area contributed by atoms with Crippen molar-refractivity contribution >= 4 is 11.8 Å². The smallest absolute Gasteiger partial charge is 0.271 e. The molecule has 28 heavy (non-hydrogen) atoms. The van der Waals surface area contributed by atoms with E-state index in [1.54, 1.807) is 16.7 Å². The molecule has 3 rings (SSSR count). The molecule has 2 heterocycles. The fourth-order valence-corrected chi connectivity index (χ4v) is 3.68. The average Bonchev–Trinajstić information content (AvgIpc) is 3.45. The normalized spacial score (nSPS) is 21.0. The minimum absolute atomic E-state index is 0.0346. The second-order valence-electron chi connectivity index (χ2n) is 8.18. The molecule has 1 aromatic rings. The number of methoxy groups -OCH3 is 1. The lowest BCUT2D eigenvalue weighted by atomic mass is 10.0. The maximum Gasteiger partial charge on any atom is 0.271 e. The summed E-state index contributed by atoms with van der Waals surface area (Å²) in [6.07, 6.45) is 2.53. The molecule has 0 aromatic carbocycles. The predicted molar refractivity (Wildman–Crippen MR) is 104 cm³/mol. The highest BCUT2D eigenvalue weighted by atomic mass is 16.5. The van der Waals surface area contributed by atoms with E-state index in [4.69, 9.17) is 9.47 Å². The first-order valence-electron chi connectivity index (χ1n) is 10.1. The van der Waals surface area contributed by atoms with Crippen LogP contribution in [0.3, 0.4) is 0 Å². The summed E-state index contributed by atoms with van der Waals surface area (Å²) in [7, 11) is 3.44. The molecule has 2 amide bonds. The fourth-order valence-electron chi connectivity index (χ4n) is 3.68. The van der Waals surface area contributed by atoms with E-state index in [1.807, 2.05) is 13.1 Å². The third-order valence-electron chi connectivity index (χ3n) is 5.40. The highest BCUT2D eigenvalue weighted by Gasteiger charge is 2.33. The number of nitrogens with zero attached hydrogens (tertiary/aromatic N) is 3. The number of carbonyl (C=O) groups is 2. The molecule has 1 saturated heterocycles. The van der Waals surface area contributed by atoms with Crippen molar-refractivity contribution in [2.24, 2.45) is 13.0 Å². The first-order valence-corrected chi connectivity index (χ1v) is 10.1. The monoisotopic (exact) mass is 392 g/mol. The first-order chi connectivity index (χ1) is 13.4. The molecular formula is C20H32N4O4. The molecule has 0 radical (unpaired) electrons. The Morgan fingerprint density at radius 2 is 2.14 bits per heavy atom. The Hall–Kier alpha value is -1.93. The van der Waals surface area contributed by atoms with Gasteiger partial charge in [-0.1, -0.05) is 13.8 Å². The van der Waals surface area contributed by atoms with Crippen LogP contribution in [0.5, 0.6) is 0 Å². The van der Waals surface area contributed by atoms with Gasteiger partial charge in [0.25, 0.3) is 11.8 Å². The van der Waals surface area contributed by atoms with Crippen LogP contribution in [-0.2, 0) is 21.3 Å². The summed E-state index contributed by atoms with van der Waals surface area (Å²) in [6, 6.07) is 1.67. The van der Waals surface area contributed by atoms with E-state index in [0.717, 1.165) is 18.5 Å². The number of morpholine rings is 1. The van der Waals surface area contributed by atoms with Crippen LogP contribution >= 0.6 is 0 Å². The molecule has 1 aromatic heterocycles. The highest BCUT2D eigenvalue weighted by Crippen LogP contribution is 2.39. The van der Waals surface area contributed by atoms with Crippen LogP contribution in [0.25, 0.3) is 0 Å². The number of rotatable bonds is 8. The van der Waals surface area contributed by atoms with Crippen molar-refractivity contribution in [2.75, 3.05) is 33.4 Å². The largest absolute Gasteiger partial charge is 0.377 e. The van der Waals surface area contributed by atoms with E-state index < -0.39 is 6.10 Å². The van der Waals surface area contributed by atoms with Crippen molar-refractivity contribution in [2.45, 2.75) is 51.2 Å². The maximum absolute atomic E-state index is 12.9. The minimum Gasteiger partial charge on any atom is -0.377 e. The van der Waals surface area contributed by atoms with Crippen molar-refractivity contribution < 1.29 is 19.1 Å². The van der Waals surface area contributed by atoms with Gasteiger partial charge in [0.05, 0.1) is 19.3 Å². The number of ether oxygens (including phenoxy) is 2. The van der Waals surface area contributed by atoms with Gasteiger partial charge >= 0.3 is 0 Å². The molecule has 1 aliphatic carbocycles. The molecule has 0 bridgehead atoms. The number of carbonyl (C=O) groups excluding carboxylic acids is 2. The third kappa shape index (κ3) is 4.91. The molecule has 0 spiro atoms. The summed E-state index contributed by atoms with van der Waals surface area (Å²) < 4.78 is 12.8. The molecule has 2 fully saturated rings. The average molecular weight is 393 g/mol. The van der Waals surface area contributed by atoms with E-state index in [0.29, 0.717) is 50.3 Å². The summed E-state index contributed by atoms with van der Waals surface area (Å²) in [5.41, 5.74) is 1.54. The van der Waals surface area contributed by atoms with Crippen LogP contribution < -0.4 is 5.32 Å². The molecule has 156 valence electrons. The number of aromatic nitrogens is 2. The van der Waals surface area contributed by atoms with E-state index >= 15 is 0 Å². The lowest BCUT2D eigenvalue weighted by Gasteiger charge is -2.37. The first kappa shape index (κ1) is 20.8. The third-order valence-corrected chi connectivity index (χ3v) is 5.40. The maximum atomic E-state index is 12.9. The Bertz CT molecular complexity index is 698. The summed E-state index contributed by atoms with van der Waals surface area (Å²) in [5.74, 6) is 0.641. The predicted octanol–water partition coefficient (Wildman–Crippen LogP) is 1.32. The van der Waals surface area contributed by atoms with Gasteiger partial charge in [0.15, 0.2) is 0 Å². The van der Waals surface area contributed by atoms with Gasteiger partial charge in [-0.15, -0.1) is 0 Å². The number of hydrogen-bond donors (Lipinski definition) is 1. The lowest BCUT2D eigenvalue weighted by molar-refractivity contribution is -0.151. The van der Waals surface area contributed by atoms with Crippen molar-refractivity contribution in [3.8, 4) is 0 Å². The minimum atomic E-state index is -0.465. The SMILES string of the molecule is COC(CC(C)C)C(=O)N1CCOCC1CNC(=O)c1cc(C2CC2)n(C)n1.